The molecule has 0 saturated heterocycles. The lowest BCUT2D eigenvalue weighted by atomic mass is 10.1. The maximum Gasteiger partial charge on any atom is 0.142 e. The van der Waals surface area contributed by atoms with Crippen LogP contribution in [0, 0.1) is 0 Å². The first kappa shape index (κ1) is 13.6. The van der Waals surface area contributed by atoms with Crippen molar-refractivity contribution in [3.05, 3.63) is 48.7 Å². The molecule has 5 heteroatoms. The molecule has 23 heavy (non-hydrogen) atoms. The maximum atomic E-state index is 6.33. The summed E-state index contributed by atoms with van der Waals surface area (Å²) in [5, 5.41) is 0.931. The van der Waals surface area contributed by atoms with Crippen molar-refractivity contribution in [2.75, 3.05) is 12.3 Å². The van der Waals surface area contributed by atoms with Gasteiger partial charge in [0.15, 0.2) is 0 Å². The SMILES string of the molecule is CCOc1ccc2nc(-c3cnc4ccccc4c3N)[nH]c2c1. The van der Waals surface area contributed by atoms with E-state index in [-0.39, 0.29) is 0 Å². The average molecular weight is 304 g/mol. The molecule has 3 N–H and O–H groups in total. The number of hydrogen-bond acceptors (Lipinski definition) is 4. The van der Waals surface area contributed by atoms with E-state index in [1.54, 1.807) is 6.20 Å². The zero-order valence-electron chi connectivity index (χ0n) is 12.7. The van der Waals surface area contributed by atoms with Gasteiger partial charge in [0.25, 0.3) is 0 Å². The molecule has 0 aliphatic heterocycles. The third-order valence-electron chi connectivity index (χ3n) is 3.84. The molecule has 0 bridgehead atoms. The molecule has 4 aromatic rings. The predicted molar refractivity (Wildman–Crippen MR) is 92.4 cm³/mol. The second kappa shape index (κ2) is 5.28. The molecule has 2 aromatic carbocycles. The molecule has 2 heterocycles. The van der Waals surface area contributed by atoms with Crippen molar-refractivity contribution in [2.45, 2.75) is 6.92 Å². The van der Waals surface area contributed by atoms with E-state index in [9.17, 15) is 0 Å². The Bertz CT molecular complexity index is 1010. The van der Waals surface area contributed by atoms with Crippen LogP contribution >= 0.6 is 0 Å². The van der Waals surface area contributed by atoms with Gasteiger partial charge in [-0.15, -0.1) is 0 Å². The number of anilines is 1. The molecule has 0 unspecified atom stereocenters. The number of nitrogens with zero attached hydrogens (tertiary/aromatic N) is 2. The summed E-state index contributed by atoms with van der Waals surface area (Å²) in [7, 11) is 0. The number of hydrogen-bond donors (Lipinski definition) is 2. The van der Waals surface area contributed by atoms with Gasteiger partial charge in [0.1, 0.15) is 11.6 Å². The number of pyridine rings is 1. The molecule has 0 atom stereocenters. The fourth-order valence-electron chi connectivity index (χ4n) is 2.72. The summed E-state index contributed by atoms with van der Waals surface area (Å²) in [5.74, 6) is 1.53. The fourth-order valence-corrected chi connectivity index (χ4v) is 2.72. The average Bonchev–Trinajstić information content (AvgIpc) is 2.99. The van der Waals surface area contributed by atoms with Gasteiger partial charge in [-0.3, -0.25) is 4.98 Å². The highest BCUT2D eigenvalue weighted by Gasteiger charge is 2.12. The minimum atomic E-state index is 0.633. The molecular formula is C18H16N4O. The summed E-state index contributed by atoms with van der Waals surface area (Å²) < 4.78 is 5.53. The van der Waals surface area contributed by atoms with E-state index >= 15 is 0 Å². The first-order chi connectivity index (χ1) is 11.3. The predicted octanol–water partition coefficient (Wildman–Crippen LogP) is 3.76. The van der Waals surface area contributed by atoms with E-state index in [4.69, 9.17) is 10.5 Å². The molecule has 0 saturated carbocycles. The van der Waals surface area contributed by atoms with Crippen molar-refractivity contribution >= 4 is 27.6 Å². The molecule has 0 radical (unpaired) electrons. The molecule has 0 fully saturated rings. The monoisotopic (exact) mass is 304 g/mol. The third-order valence-corrected chi connectivity index (χ3v) is 3.84. The van der Waals surface area contributed by atoms with Crippen LogP contribution in [0.4, 0.5) is 5.69 Å². The van der Waals surface area contributed by atoms with Crippen LogP contribution in [-0.2, 0) is 0 Å². The van der Waals surface area contributed by atoms with Crippen LogP contribution in [0.2, 0.25) is 0 Å². The summed E-state index contributed by atoms with van der Waals surface area (Å²) in [6.07, 6.45) is 1.76. The van der Waals surface area contributed by atoms with Crippen molar-refractivity contribution in [3.63, 3.8) is 0 Å². The third kappa shape index (κ3) is 2.26. The van der Waals surface area contributed by atoms with Crippen LogP contribution in [0.25, 0.3) is 33.3 Å². The minimum Gasteiger partial charge on any atom is -0.494 e. The van der Waals surface area contributed by atoms with E-state index in [1.807, 2.05) is 49.4 Å². The lowest BCUT2D eigenvalue weighted by Gasteiger charge is -2.05. The zero-order chi connectivity index (χ0) is 15.8. The quantitative estimate of drug-likeness (QED) is 0.604. The number of nitrogen functional groups attached to an aromatic ring is 1. The molecule has 0 aliphatic carbocycles. The lowest BCUT2D eigenvalue weighted by molar-refractivity contribution is 0.340. The number of para-hydroxylation sites is 1. The molecule has 0 amide bonds. The number of nitrogens with one attached hydrogen (secondary N) is 1. The Balaban J connectivity index is 1.87. The first-order valence-corrected chi connectivity index (χ1v) is 7.52. The number of aromatic amines is 1. The van der Waals surface area contributed by atoms with Gasteiger partial charge in [0, 0.05) is 17.6 Å². The normalized spacial score (nSPS) is 11.2. The summed E-state index contributed by atoms with van der Waals surface area (Å²) >= 11 is 0. The Hall–Kier alpha value is -3.08. The number of fused-ring (bicyclic) bond motifs is 2. The fraction of sp³-hybridized carbons (Fsp3) is 0.111. The van der Waals surface area contributed by atoms with Crippen LogP contribution in [0.3, 0.4) is 0 Å². The van der Waals surface area contributed by atoms with E-state index < -0.39 is 0 Å². The summed E-state index contributed by atoms with van der Waals surface area (Å²) in [5.41, 5.74) is 10.5. The van der Waals surface area contributed by atoms with Crippen molar-refractivity contribution in [1.29, 1.82) is 0 Å². The Morgan fingerprint density at radius 1 is 1.13 bits per heavy atom. The zero-order valence-corrected chi connectivity index (χ0v) is 12.7. The number of ether oxygens (including phenoxy) is 1. The van der Waals surface area contributed by atoms with Gasteiger partial charge < -0.3 is 15.5 Å². The van der Waals surface area contributed by atoms with Gasteiger partial charge in [-0.25, -0.2) is 4.98 Å². The van der Waals surface area contributed by atoms with Gasteiger partial charge in [0.2, 0.25) is 0 Å². The molecule has 5 nitrogen and oxygen atoms in total. The summed E-state index contributed by atoms with van der Waals surface area (Å²) in [6, 6.07) is 13.6. The Kier molecular flexibility index (Phi) is 3.12. The maximum absolute atomic E-state index is 6.33. The molecule has 0 spiro atoms. The number of rotatable bonds is 3. The number of imidazole rings is 1. The van der Waals surface area contributed by atoms with Gasteiger partial charge in [-0.1, -0.05) is 18.2 Å². The largest absolute Gasteiger partial charge is 0.494 e. The highest BCUT2D eigenvalue weighted by molar-refractivity contribution is 5.97. The van der Waals surface area contributed by atoms with E-state index in [2.05, 4.69) is 15.0 Å². The number of H-pyrrole nitrogens is 1. The van der Waals surface area contributed by atoms with Crippen LogP contribution in [0.15, 0.2) is 48.7 Å². The molecule has 114 valence electrons. The molecular weight excluding hydrogens is 288 g/mol. The van der Waals surface area contributed by atoms with E-state index in [0.29, 0.717) is 18.1 Å². The number of benzene rings is 2. The van der Waals surface area contributed by atoms with Crippen molar-refractivity contribution in [1.82, 2.24) is 15.0 Å². The Morgan fingerprint density at radius 2 is 2.00 bits per heavy atom. The van der Waals surface area contributed by atoms with Gasteiger partial charge in [0.05, 0.1) is 34.4 Å². The van der Waals surface area contributed by atoms with Crippen LogP contribution in [0.1, 0.15) is 6.92 Å². The van der Waals surface area contributed by atoms with Crippen LogP contribution in [0.5, 0.6) is 5.75 Å². The van der Waals surface area contributed by atoms with E-state index in [0.717, 1.165) is 33.2 Å². The second-order valence-corrected chi connectivity index (χ2v) is 5.30. The van der Waals surface area contributed by atoms with E-state index in [1.165, 1.54) is 0 Å². The molecule has 4 rings (SSSR count). The Morgan fingerprint density at radius 3 is 2.87 bits per heavy atom. The summed E-state index contributed by atoms with van der Waals surface area (Å²) in [6.45, 7) is 2.60. The standard InChI is InChI=1S/C18H16N4O/c1-2-23-11-7-8-15-16(9-11)22-18(21-15)13-10-20-14-6-4-3-5-12(14)17(13)19/h3-10H,2H2,1H3,(H2,19,20)(H,21,22). The first-order valence-electron chi connectivity index (χ1n) is 7.52. The minimum absolute atomic E-state index is 0.633. The van der Waals surface area contributed by atoms with Crippen LogP contribution < -0.4 is 10.5 Å². The number of aromatic nitrogens is 3. The Labute approximate surface area is 133 Å². The molecule has 0 aliphatic rings. The van der Waals surface area contributed by atoms with Crippen molar-refractivity contribution in [2.24, 2.45) is 0 Å². The highest BCUT2D eigenvalue weighted by atomic mass is 16.5. The number of nitrogens with two attached hydrogens (primary N) is 1. The smallest absolute Gasteiger partial charge is 0.142 e. The van der Waals surface area contributed by atoms with Crippen molar-refractivity contribution < 1.29 is 4.74 Å². The van der Waals surface area contributed by atoms with Crippen molar-refractivity contribution in [3.8, 4) is 17.1 Å². The van der Waals surface area contributed by atoms with Gasteiger partial charge >= 0.3 is 0 Å². The highest BCUT2D eigenvalue weighted by Crippen LogP contribution is 2.31. The molecule has 2 aromatic heterocycles. The lowest BCUT2D eigenvalue weighted by Crippen LogP contribution is -1.95. The van der Waals surface area contributed by atoms with Gasteiger partial charge in [-0.05, 0) is 25.1 Å². The second-order valence-electron chi connectivity index (χ2n) is 5.30. The van der Waals surface area contributed by atoms with Gasteiger partial charge in [-0.2, -0.15) is 0 Å². The van der Waals surface area contributed by atoms with Crippen LogP contribution in [-0.4, -0.2) is 21.6 Å². The topological polar surface area (TPSA) is 76.8 Å². The summed E-state index contributed by atoms with van der Waals surface area (Å²) in [4.78, 5) is 12.4.